The Bertz CT molecular complexity index is 628. The van der Waals surface area contributed by atoms with Crippen molar-refractivity contribution in [3.05, 3.63) is 53.2 Å². The number of nitrogens with one attached hydrogen (secondary N) is 1. The number of pyridine rings is 1. The molecule has 2 aromatic rings. The van der Waals surface area contributed by atoms with Crippen molar-refractivity contribution < 1.29 is 23.4 Å². The van der Waals surface area contributed by atoms with Crippen LogP contribution in [0.25, 0.3) is 0 Å². The lowest BCUT2D eigenvalue weighted by Crippen LogP contribution is -2.09. The van der Waals surface area contributed by atoms with Gasteiger partial charge in [0.25, 0.3) is 0 Å². The van der Waals surface area contributed by atoms with Crippen LogP contribution < -0.4 is 5.32 Å². The highest BCUT2D eigenvalue weighted by molar-refractivity contribution is 5.38. The summed E-state index contributed by atoms with van der Waals surface area (Å²) in [6.45, 7) is 0.210. The van der Waals surface area contributed by atoms with Crippen LogP contribution in [-0.4, -0.2) is 21.7 Å². The molecule has 7 heteroatoms. The molecule has 2 rings (SSSR count). The molecular formula is C15H15F3N2O2. The monoisotopic (exact) mass is 312 g/mol. The molecule has 118 valence electrons. The number of anilines is 1. The predicted molar refractivity (Wildman–Crippen MR) is 75.5 cm³/mol. The highest BCUT2D eigenvalue weighted by Crippen LogP contribution is 2.28. The quantitative estimate of drug-likeness (QED) is 0.794. The van der Waals surface area contributed by atoms with Gasteiger partial charge in [-0.05, 0) is 36.2 Å². The zero-order valence-corrected chi connectivity index (χ0v) is 11.6. The molecule has 0 radical (unpaired) electrons. The molecule has 1 heterocycles. The Kier molecular flexibility index (Phi) is 4.87. The molecule has 3 N–H and O–H groups in total. The van der Waals surface area contributed by atoms with Crippen LogP contribution in [0.4, 0.5) is 19.0 Å². The number of halogens is 3. The first-order valence-electron chi connectivity index (χ1n) is 6.59. The van der Waals surface area contributed by atoms with Gasteiger partial charge < -0.3 is 15.5 Å². The molecule has 0 aliphatic rings. The van der Waals surface area contributed by atoms with Gasteiger partial charge in [-0.3, -0.25) is 0 Å². The minimum absolute atomic E-state index is 0.0311. The van der Waals surface area contributed by atoms with Crippen LogP contribution in [-0.2, 0) is 19.2 Å². The van der Waals surface area contributed by atoms with E-state index >= 15 is 0 Å². The Balaban J connectivity index is 1.91. The average molecular weight is 312 g/mol. The molecule has 0 bridgehead atoms. The summed E-state index contributed by atoms with van der Waals surface area (Å²) in [6, 6.07) is 7.14. The van der Waals surface area contributed by atoms with E-state index in [0.29, 0.717) is 24.3 Å². The summed E-state index contributed by atoms with van der Waals surface area (Å²) in [4.78, 5) is 3.71. The molecule has 0 aliphatic heterocycles. The van der Waals surface area contributed by atoms with E-state index in [0.717, 1.165) is 17.8 Å². The van der Waals surface area contributed by atoms with Gasteiger partial charge in [-0.25, -0.2) is 4.98 Å². The molecule has 0 spiro atoms. The van der Waals surface area contributed by atoms with Crippen molar-refractivity contribution in [1.82, 2.24) is 4.98 Å². The third kappa shape index (κ3) is 4.11. The van der Waals surface area contributed by atoms with Gasteiger partial charge in [0.15, 0.2) is 0 Å². The van der Waals surface area contributed by atoms with Gasteiger partial charge in [0, 0.05) is 18.3 Å². The van der Waals surface area contributed by atoms with Gasteiger partial charge in [-0.15, -0.1) is 0 Å². The lowest BCUT2D eigenvalue weighted by atomic mass is 10.1. The van der Waals surface area contributed by atoms with E-state index in [4.69, 9.17) is 5.11 Å². The zero-order valence-electron chi connectivity index (χ0n) is 11.6. The average Bonchev–Trinajstić information content (AvgIpc) is 2.48. The maximum Gasteiger partial charge on any atom is 0.417 e. The lowest BCUT2D eigenvalue weighted by Gasteiger charge is -2.09. The Morgan fingerprint density at radius 1 is 1.14 bits per heavy atom. The number of alkyl halides is 3. The Morgan fingerprint density at radius 3 is 2.50 bits per heavy atom. The van der Waals surface area contributed by atoms with E-state index in [1.807, 2.05) is 0 Å². The van der Waals surface area contributed by atoms with Crippen molar-refractivity contribution >= 4 is 5.82 Å². The summed E-state index contributed by atoms with van der Waals surface area (Å²) in [6.07, 6.45) is -3.03. The van der Waals surface area contributed by atoms with E-state index in [2.05, 4.69) is 10.3 Å². The number of aliphatic hydroxyl groups is 1. The van der Waals surface area contributed by atoms with Gasteiger partial charge in [-0.1, -0.05) is 6.07 Å². The van der Waals surface area contributed by atoms with E-state index in [9.17, 15) is 18.3 Å². The van der Waals surface area contributed by atoms with E-state index in [1.54, 1.807) is 12.1 Å². The fourth-order valence-corrected chi connectivity index (χ4v) is 1.92. The smallest absolute Gasteiger partial charge is 0.417 e. The SMILES string of the molecule is OCc1cc(CCNc2ccc(C(F)(F)F)cn2)ccc1O. The number of phenols is 1. The lowest BCUT2D eigenvalue weighted by molar-refractivity contribution is -0.137. The van der Waals surface area contributed by atoms with E-state index in [1.165, 1.54) is 12.1 Å². The number of rotatable bonds is 5. The Morgan fingerprint density at radius 2 is 1.91 bits per heavy atom. The first kappa shape index (κ1) is 16.1. The normalized spacial score (nSPS) is 11.5. The number of aliphatic hydroxyl groups excluding tert-OH is 1. The molecule has 1 aromatic heterocycles. The van der Waals surface area contributed by atoms with E-state index in [-0.39, 0.29) is 12.4 Å². The van der Waals surface area contributed by atoms with Crippen LogP contribution in [0.15, 0.2) is 36.5 Å². The number of nitrogens with zero attached hydrogens (tertiary/aromatic N) is 1. The van der Waals surface area contributed by atoms with Gasteiger partial charge in [-0.2, -0.15) is 13.2 Å². The molecule has 4 nitrogen and oxygen atoms in total. The van der Waals surface area contributed by atoms with Gasteiger partial charge in [0.2, 0.25) is 0 Å². The van der Waals surface area contributed by atoms with Crippen LogP contribution in [0.1, 0.15) is 16.7 Å². The summed E-state index contributed by atoms with van der Waals surface area (Å²) in [5.74, 6) is 0.387. The van der Waals surface area contributed by atoms with Crippen molar-refractivity contribution in [3.8, 4) is 5.75 Å². The van der Waals surface area contributed by atoms with Gasteiger partial charge >= 0.3 is 6.18 Å². The fourth-order valence-electron chi connectivity index (χ4n) is 1.92. The molecule has 0 fully saturated rings. The van der Waals surface area contributed by atoms with Crippen LogP contribution in [0.2, 0.25) is 0 Å². The van der Waals surface area contributed by atoms with Crippen molar-refractivity contribution in [2.45, 2.75) is 19.2 Å². The first-order chi connectivity index (χ1) is 10.4. The number of aromatic hydroxyl groups is 1. The molecule has 0 saturated heterocycles. The summed E-state index contributed by atoms with van der Waals surface area (Å²) in [5.41, 5.74) is 0.538. The van der Waals surface area contributed by atoms with E-state index < -0.39 is 11.7 Å². The minimum Gasteiger partial charge on any atom is -0.508 e. The largest absolute Gasteiger partial charge is 0.508 e. The third-order valence-electron chi connectivity index (χ3n) is 3.12. The maximum absolute atomic E-state index is 12.4. The molecular weight excluding hydrogens is 297 g/mol. The molecule has 1 aromatic carbocycles. The van der Waals surface area contributed by atoms with Crippen molar-refractivity contribution in [2.75, 3.05) is 11.9 Å². The van der Waals surface area contributed by atoms with Crippen LogP contribution in [0.3, 0.4) is 0 Å². The van der Waals surface area contributed by atoms with Crippen LogP contribution in [0.5, 0.6) is 5.75 Å². The highest BCUT2D eigenvalue weighted by Gasteiger charge is 2.30. The van der Waals surface area contributed by atoms with Crippen molar-refractivity contribution in [1.29, 1.82) is 0 Å². The molecule has 0 amide bonds. The molecule has 0 atom stereocenters. The predicted octanol–water partition coefficient (Wildman–Crippen LogP) is 2.95. The standard InChI is InChI=1S/C15H15F3N2O2/c16-15(17,18)12-2-4-14(20-8-12)19-6-5-10-1-3-13(22)11(7-10)9-21/h1-4,7-8,21-22H,5-6,9H2,(H,19,20). The summed E-state index contributed by atoms with van der Waals surface area (Å²) >= 11 is 0. The van der Waals surface area contributed by atoms with Crippen LogP contribution >= 0.6 is 0 Å². The van der Waals surface area contributed by atoms with Gasteiger partial charge in [0.05, 0.1) is 12.2 Å². The highest BCUT2D eigenvalue weighted by atomic mass is 19.4. The number of aromatic nitrogens is 1. The second kappa shape index (κ2) is 6.65. The van der Waals surface area contributed by atoms with Gasteiger partial charge in [0.1, 0.15) is 11.6 Å². The Labute approximate surface area is 125 Å². The first-order valence-corrected chi connectivity index (χ1v) is 6.59. The number of hydrogen-bond donors (Lipinski definition) is 3. The third-order valence-corrected chi connectivity index (χ3v) is 3.12. The number of benzene rings is 1. The Hall–Kier alpha value is -2.28. The van der Waals surface area contributed by atoms with Crippen molar-refractivity contribution in [3.63, 3.8) is 0 Å². The van der Waals surface area contributed by atoms with Crippen molar-refractivity contribution in [2.24, 2.45) is 0 Å². The number of hydrogen-bond acceptors (Lipinski definition) is 4. The maximum atomic E-state index is 12.4. The summed E-state index contributed by atoms with van der Waals surface area (Å²) in [7, 11) is 0. The topological polar surface area (TPSA) is 65.4 Å². The fraction of sp³-hybridized carbons (Fsp3) is 0.267. The minimum atomic E-state index is -4.39. The second-order valence-corrected chi connectivity index (χ2v) is 4.73. The summed E-state index contributed by atoms with van der Waals surface area (Å²) in [5, 5.41) is 21.4. The van der Waals surface area contributed by atoms with Crippen LogP contribution in [0, 0.1) is 0 Å². The molecule has 0 unspecified atom stereocenters. The molecule has 22 heavy (non-hydrogen) atoms. The molecule has 0 saturated carbocycles. The molecule has 0 aliphatic carbocycles. The zero-order chi connectivity index (χ0) is 16.2. The summed E-state index contributed by atoms with van der Waals surface area (Å²) < 4.78 is 37.2. The second-order valence-electron chi connectivity index (χ2n) is 4.73.